The van der Waals surface area contributed by atoms with Crippen molar-refractivity contribution in [3.8, 4) is 5.88 Å². The third kappa shape index (κ3) is 3.60. The zero-order chi connectivity index (χ0) is 20.7. The van der Waals surface area contributed by atoms with Crippen LogP contribution in [0.15, 0.2) is 24.5 Å². The van der Waals surface area contributed by atoms with Gasteiger partial charge < -0.3 is 20.7 Å². The van der Waals surface area contributed by atoms with E-state index in [1.807, 2.05) is 0 Å². The zero-order valence-corrected chi connectivity index (χ0v) is 16.5. The Hall–Kier alpha value is -3.43. The standard InChI is InChI=1S/C20H22FN7O2/c1-22-17-8-16(26-15-7-11(21)9-23-20(15)30-13-5-6-13)27-18-14(10-24-28(17)18)19(29)25-12-3-2-4-12/h7-10,12-13,22H,2-6H2,1H3,(H,25,29)(H,26,27). The van der Waals surface area contributed by atoms with E-state index in [1.165, 1.54) is 12.3 Å². The molecule has 0 atom stereocenters. The van der Waals surface area contributed by atoms with Crippen LogP contribution in [0, 0.1) is 5.82 Å². The van der Waals surface area contributed by atoms with Crippen molar-refractivity contribution in [2.75, 3.05) is 17.7 Å². The predicted octanol–water partition coefficient (Wildman–Crippen LogP) is 2.87. The minimum atomic E-state index is -0.486. The molecule has 0 saturated heterocycles. The molecule has 0 spiro atoms. The summed E-state index contributed by atoms with van der Waals surface area (Å²) in [5.41, 5.74) is 1.16. The van der Waals surface area contributed by atoms with Crippen LogP contribution in [0.2, 0.25) is 0 Å². The van der Waals surface area contributed by atoms with Gasteiger partial charge in [0.05, 0.1) is 12.4 Å². The number of pyridine rings is 1. The van der Waals surface area contributed by atoms with Crippen molar-refractivity contribution in [2.45, 2.75) is 44.2 Å². The van der Waals surface area contributed by atoms with Gasteiger partial charge in [-0.05, 0) is 32.1 Å². The van der Waals surface area contributed by atoms with Gasteiger partial charge in [-0.15, -0.1) is 0 Å². The number of carbonyl (C=O) groups is 1. The molecule has 30 heavy (non-hydrogen) atoms. The number of hydrogen-bond donors (Lipinski definition) is 3. The van der Waals surface area contributed by atoms with E-state index in [0.29, 0.717) is 34.4 Å². The molecule has 9 nitrogen and oxygen atoms in total. The molecular formula is C20H22FN7O2. The summed E-state index contributed by atoms with van der Waals surface area (Å²) < 4.78 is 21.2. The van der Waals surface area contributed by atoms with E-state index >= 15 is 0 Å². The third-order valence-corrected chi connectivity index (χ3v) is 5.30. The quantitative estimate of drug-likeness (QED) is 0.549. The van der Waals surface area contributed by atoms with Gasteiger partial charge in [-0.25, -0.2) is 14.4 Å². The Bertz CT molecular complexity index is 1110. The molecule has 0 radical (unpaired) electrons. The second kappa shape index (κ2) is 7.43. The molecule has 5 rings (SSSR count). The predicted molar refractivity (Wildman–Crippen MR) is 109 cm³/mol. The number of nitrogens with zero attached hydrogens (tertiary/aromatic N) is 4. The van der Waals surface area contributed by atoms with Crippen molar-refractivity contribution >= 4 is 28.9 Å². The molecule has 2 aliphatic carbocycles. The molecule has 10 heteroatoms. The minimum absolute atomic E-state index is 0.114. The second-order valence-corrected chi connectivity index (χ2v) is 7.62. The summed E-state index contributed by atoms with van der Waals surface area (Å²) in [7, 11) is 1.75. The van der Waals surface area contributed by atoms with Crippen LogP contribution >= 0.6 is 0 Å². The zero-order valence-electron chi connectivity index (χ0n) is 16.5. The van der Waals surface area contributed by atoms with Crippen LogP contribution < -0.4 is 20.7 Å². The Morgan fingerprint density at radius 1 is 1.23 bits per heavy atom. The molecule has 3 aromatic rings. The van der Waals surface area contributed by atoms with E-state index in [4.69, 9.17) is 4.74 Å². The summed E-state index contributed by atoms with van der Waals surface area (Å²) in [4.78, 5) is 21.3. The molecule has 2 aliphatic rings. The maximum atomic E-state index is 13.8. The van der Waals surface area contributed by atoms with Crippen molar-refractivity contribution < 1.29 is 13.9 Å². The van der Waals surface area contributed by atoms with Gasteiger partial charge in [0.25, 0.3) is 5.91 Å². The van der Waals surface area contributed by atoms with E-state index in [-0.39, 0.29) is 18.1 Å². The van der Waals surface area contributed by atoms with Gasteiger partial charge in [-0.2, -0.15) is 9.61 Å². The number of rotatable bonds is 7. The summed E-state index contributed by atoms with van der Waals surface area (Å²) >= 11 is 0. The number of ether oxygens (including phenoxy) is 1. The molecule has 2 saturated carbocycles. The summed E-state index contributed by atoms with van der Waals surface area (Å²) in [5.74, 6) is 0.674. The summed E-state index contributed by atoms with van der Waals surface area (Å²) in [6, 6.07) is 3.24. The first-order chi connectivity index (χ1) is 14.6. The number of halogens is 1. The highest BCUT2D eigenvalue weighted by atomic mass is 19.1. The number of nitrogens with one attached hydrogen (secondary N) is 3. The van der Waals surface area contributed by atoms with Crippen LogP contribution in [-0.2, 0) is 0 Å². The maximum Gasteiger partial charge on any atom is 0.256 e. The highest BCUT2D eigenvalue weighted by Crippen LogP contribution is 2.32. The first-order valence-electron chi connectivity index (χ1n) is 10.1. The monoisotopic (exact) mass is 411 g/mol. The van der Waals surface area contributed by atoms with Crippen molar-refractivity contribution in [2.24, 2.45) is 0 Å². The van der Waals surface area contributed by atoms with Crippen molar-refractivity contribution in [1.29, 1.82) is 0 Å². The lowest BCUT2D eigenvalue weighted by atomic mass is 9.93. The smallest absolute Gasteiger partial charge is 0.256 e. The second-order valence-electron chi connectivity index (χ2n) is 7.62. The number of aromatic nitrogens is 4. The number of carbonyl (C=O) groups excluding carboxylic acids is 1. The average molecular weight is 411 g/mol. The molecule has 2 fully saturated rings. The largest absolute Gasteiger partial charge is 0.473 e. The Balaban J connectivity index is 1.49. The van der Waals surface area contributed by atoms with E-state index in [1.54, 1.807) is 17.6 Å². The number of amides is 1. The van der Waals surface area contributed by atoms with Crippen LogP contribution in [0.1, 0.15) is 42.5 Å². The van der Waals surface area contributed by atoms with Crippen molar-refractivity contribution in [3.05, 3.63) is 35.9 Å². The lowest BCUT2D eigenvalue weighted by Gasteiger charge is -2.26. The lowest BCUT2D eigenvalue weighted by molar-refractivity contribution is 0.0918. The van der Waals surface area contributed by atoms with Gasteiger partial charge in [-0.3, -0.25) is 4.79 Å². The van der Waals surface area contributed by atoms with Crippen LogP contribution in [0.25, 0.3) is 5.65 Å². The fourth-order valence-corrected chi connectivity index (χ4v) is 3.27. The van der Waals surface area contributed by atoms with Gasteiger partial charge in [0, 0.05) is 25.2 Å². The van der Waals surface area contributed by atoms with Crippen LogP contribution in [0.4, 0.5) is 21.7 Å². The number of hydrogen-bond acceptors (Lipinski definition) is 7. The Morgan fingerprint density at radius 2 is 2.07 bits per heavy atom. The van der Waals surface area contributed by atoms with Crippen LogP contribution in [0.5, 0.6) is 5.88 Å². The van der Waals surface area contributed by atoms with Crippen LogP contribution in [-0.4, -0.2) is 44.7 Å². The third-order valence-electron chi connectivity index (χ3n) is 5.30. The first kappa shape index (κ1) is 18.6. The normalized spacial score (nSPS) is 16.2. The lowest BCUT2D eigenvalue weighted by Crippen LogP contribution is -2.39. The topological polar surface area (TPSA) is 105 Å². The summed E-state index contributed by atoms with van der Waals surface area (Å²) in [5, 5.41) is 13.4. The fourth-order valence-electron chi connectivity index (χ4n) is 3.27. The molecule has 0 aliphatic heterocycles. The molecule has 0 aromatic carbocycles. The van der Waals surface area contributed by atoms with Gasteiger partial charge in [0.15, 0.2) is 5.65 Å². The number of fused-ring (bicyclic) bond motifs is 1. The first-order valence-corrected chi connectivity index (χ1v) is 10.1. The fraction of sp³-hybridized carbons (Fsp3) is 0.400. The van der Waals surface area contributed by atoms with Gasteiger partial charge in [-0.1, -0.05) is 0 Å². The number of anilines is 3. The molecular weight excluding hydrogens is 389 g/mol. The molecule has 3 heterocycles. The molecule has 1 amide bonds. The molecule has 0 bridgehead atoms. The van der Waals surface area contributed by atoms with Gasteiger partial charge in [0.1, 0.15) is 34.8 Å². The summed E-state index contributed by atoms with van der Waals surface area (Å²) in [6.45, 7) is 0. The molecule has 3 aromatic heterocycles. The average Bonchev–Trinajstić information content (AvgIpc) is 3.42. The molecule has 156 valence electrons. The van der Waals surface area contributed by atoms with E-state index in [2.05, 4.69) is 31.0 Å². The van der Waals surface area contributed by atoms with Gasteiger partial charge in [0.2, 0.25) is 5.88 Å². The van der Waals surface area contributed by atoms with Crippen molar-refractivity contribution in [1.82, 2.24) is 24.9 Å². The molecule has 3 N–H and O–H groups in total. The van der Waals surface area contributed by atoms with Crippen LogP contribution in [0.3, 0.4) is 0 Å². The van der Waals surface area contributed by atoms with Crippen molar-refractivity contribution in [3.63, 3.8) is 0 Å². The Labute approximate surface area is 172 Å². The summed E-state index contributed by atoms with van der Waals surface area (Å²) in [6.07, 6.45) is 7.77. The van der Waals surface area contributed by atoms with Gasteiger partial charge >= 0.3 is 0 Å². The van der Waals surface area contributed by atoms with E-state index in [0.717, 1.165) is 38.3 Å². The highest BCUT2D eigenvalue weighted by Gasteiger charge is 2.26. The Morgan fingerprint density at radius 3 is 2.77 bits per heavy atom. The SMILES string of the molecule is CNc1cc(Nc2cc(F)cnc2OC2CC2)nc2c(C(=O)NC3CCC3)cnn12. The Kier molecular flexibility index (Phi) is 4.61. The minimum Gasteiger partial charge on any atom is -0.473 e. The maximum absolute atomic E-state index is 13.8. The van der Waals surface area contributed by atoms with E-state index in [9.17, 15) is 9.18 Å². The van der Waals surface area contributed by atoms with E-state index < -0.39 is 5.82 Å². The molecule has 0 unspecified atom stereocenters. The highest BCUT2D eigenvalue weighted by molar-refractivity contribution is 6.00.